The minimum Gasteiger partial charge on any atom is -0.496 e. The van der Waals surface area contributed by atoms with Gasteiger partial charge < -0.3 is 10.5 Å². The molecule has 0 saturated carbocycles. The number of nitrogens with zero attached hydrogens (tertiary/aromatic N) is 1. The third kappa shape index (κ3) is 1.61. The van der Waals surface area contributed by atoms with Crippen molar-refractivity contribution < 1.29 is 9.53 Å². The Balaban J connectivity index is 2.74. The fraction of sp³-hybridized carbons (Fsp3) is 0.0909. The molecule has 0 aliphatic rings. The number of aromatic nitrogens is 1. The van der Waals surface area contributed by atoms with E-state index in [2.05, 4.69) is 11.2 Å². The van der Waals surface area contributed by atoms with E-state index in [0.29, 0.717) is 11.3 Å². The second-order valence-electron chi connectivity index (χ2n) is 3.06. The lowest BCUT2D eigenvalue weighted by Gasteiger charge is -2.06. The normalized spacial score (nSPS) is 10.2. The highest BCUT2D eigenvalue weighted by Gasteiger charge is 2.10. The minimum atomic E-state index is -0.509. The number of hydrogen-bond acceptors (Lipinski definition) is 3. The van der Waals surface area contributed by atoms with Crippen LogP contribution in [0.1, 0.15) is 10.4 Å². The molecule has 0 fully saturated rings. The first-order valence-electron chi connectivity index (χ1n) is 4.36. The maximum atomic E-state index is 11.1. The van der Waals surface area contributed by atoms with E-state index >= 15 is 0 Å². The van der Waals surface area contributed by atoms with Crippen molar-refractivity contribution >= 4 is 16.7 Å². The summed E-state index contributed by atoms with van der Waals surface area (Å²) >= 11 is 0. The van der Waals surface area contributed by atoms with E-state index in [1.54, 1.807) is 24.4 Å². The first-order chi connectivity index (χ1) is 7.22. The molecule has 2 aromatic rings. The van der Waals surface area contributed by atoms with Crippen LogP contribution in [0, 0.1) is 6.20 Å². The number of carbonyl (C=O) groups is 1. The average molecular weight is 201 g/mol. The molecule has 4 nitrogen and oxygen atoms in total. The zero-order valence-electron chi connectivity index (χ0n) is 8.15. The molecule has 0 spiro atoms. The van der Waals surface area contributed by atoms with Crippen molar-refractivity contribution in [3.8, 4) is 5.75 Å². The molecule has 0 bridgehead atoms. The van der Waals surface area contributed by atoms with Crippen molar-refractivity contribution in [1.82, 2.24) is 4.98 Å². The van der Waals surface area contributed by atoms with E-state index in [4.69, 9.17) is 10.5 Å². The molecule has 0 aliphatic carbocycles. The predicted molar refractivity (Wildman–Crippen MR) is 55.6 cm³/mol. The molecule has 1 aromatic heterocycles. The zero-order valence-corrected chi connectivity index (χ0v) is 8.15. The molecule has 15 heavy (non-hydrogen) atoms. The van der Waals surface area contributed by atoms with Crippen LogP contribution < -0.4 is 10.5 Å². The second-order valence-corrected chi connectivity index (χ2v) is 3.06. The number of pyridine rings is 1. The van der Waals surface area contributed by atoms with Crippen LogP contribution >= 0.6 is 0 Å². The van der Waals surface area contributed by atoms with E-state index in [1.807, 2.05) is 0 Å². The highest BCUT2D eigenvalue weighted by atomic mass is 16.5. The van der Waals surface area contributed by atoms with E-state index in [0.717, 1.165) is 10.8 Å². The SMILES string of the molecule is COc1cc2[c]nccc2cc1C(N)=O. The van der Waals surface area contributed by atoms with Gasteiger partial charge in [0.1, 0.15) is 5.75 Å². The van der Waals surface area contributed by atoms with Gasteiger partial charge >= 0.3 is 0 Å². The number of primary amides is 1. The van der Waals surface area contributed by atoms with Gasteiger partial charge in [0.2, 0.25) is 0 Å². The number of fused-ring (bicyclic) bond motifs is 1. The number of rotatable bonds is 2. The molecule has 2 N–H and O–H groups in total. The van der Waals surface area contributed by atoms with Gasteiger partial charge in [-0.1, -0.05) is 0 Å². The first-order valence-corrected chi connectivity index (χ1v) is 4.36. The molecule has 1 radical (unpaired) electrons. The van der Waals surface area contributed by atoms with Gasteiger partial charge in [-0.2, -0.15) is 0 Å². The number of ether oxygens (including phenoxy) is 1. The Labute approximate surface area is 86.7 Å². The van der Waals surface area contributed by atoms with Crippen LogP contribution in [0.25, 0.3) is 10.8 Å². The van der Waals surface area contributed by atoms with Crippen molar-refractivity contribution in [3.05, 3.63) is 36.2 Å². The van der Waals surface area contributed by atoms with Crippen LogP contribution in [0.3, 0.4) is 0 Å². The zero-order chi connectivity index (χ0) is 10.8. The Morgan fingerprint density at radius 2 is 2.33 bits per heavy atom. The Kier molecular flexibility index (Phi) is 2.25. The smallest absolute Gasteiger partial charge is 0.252 e. The third-order valence-corrected chi connectivity index (χ3v) is 2.15. The van der Waals surface area contributed by atoms with Crippen molar-refractivity contribution in [3.63, 3.8) is 0 Å². The molecule has 0 unspecified atom stereocenters. The first kappa shape index (κ1) is 9.45. The summed E-state index contributed by atoms with van der Waals surface area (Å²) in [5.41, 5.74) is 5.60. The predicted octanol–water partition coefficient (Wildman–Crippen LogP) is 1.14. The van der Waals surface area contributed by atoms with Crippen LogP contribution in [-0.2, 0) is 0 Å². The van der Waals surface area contributed by atoms with Crippen molar-refractivity contribution in [2.24, 2.45) is 5.73 Å². The third-order valence-electron chi connectivity index (χ3n) is 2.15. The van der Waals surface area contributed by atoms with Crippen LogP contribution in [-0.4, -0.2) is 18.0 Å². The highest BCUT2D eigenvalue weighted by Crippen LogP contribution is 2.24. The molecule has 1 heterocycles. The van der Waals surface area contributed by atoms with E-state index in [1.165, 1.54) is 7.11 Å². The van der Waals surface area contributed by atoms with Crippen LogP contribution in [0.5, 0.6) is 5.75 Å². The summed E-state index contributed by atoms with van der Waals surface area (Å²) in [5.74, 6) is -0.0650. The number of methoxy groups -OCH3 is 1. The lowest BCUT2D eigenvalue weighted by atomic mass is 10.1. The molecular formula is C11H9N2O2. The second kappa shape index (κ2) is 3.57. The largest absolute Gasteiger partial charge is 0.496 e. The molecule has 1 aromatic carbocycles. The van der Waals surface area contributed by atoms with Crippen LogP contribution in [0.2, 0.25) is 0 Å². The van der Waals surface area contributed by atoms with E-state index in [9.17, 15) is 4.79 Å². The van der Waals surface area contributed by atoms with Crippen LogP contribution in [0.15, 0.2) is 24.4 Å². The summed E-state index contributed by atoms with van der Waals surface area (Å²) in [6, 6.07) is 5.16. The van der Waals surface area contributed by atoms with Gasteiger partial charge in [-0.25, -0.2) is 0 Å². The standard InChI is InChI=1S/C11H9N2O2/c1-15-10-5-8-6-13-3-2-7(8)4-9(10)11(12)14/h2-5H,1H3,(H2,12,14). The Morgan fingerprint density at radius 3 is 3.00 bits per heavy atom. The van der Waals surface area contributed by atoms with Gasteiger partial charge in [-0.3, -0.25) is 9.78 Å². The van der Waals surface area contributed by atoms with Gasteiger partial charge in [-0.15, -0.1) is 0 Å². The quantitative estimate of drug-likeness (QED) is 0.792. The van der Waals surface area contributed by atoms with Crippen LogP contribution in [0.4, 0.5) is 0 Å². The summed E-state index contributed by atoms with van der Waals surface area (Å²) in [7, 11) is 1.49. The van der Waals surface area contributed by atoms with Crippen molar-refractivity contribution in [2.45, 2.75) is 0 Å². The number of carbonyl (C=O) groups excluding carboxylic acids is 1. The number of benzene rings is 1. The highest BCUT2D eigenvalue weighted by molar-refractivity contribution is 6.00. The van der Waals surface area contributed by atoms with Gasteiger partial charge in [0, 0.05) is 11.6 Å². The Morgan fingerprint density at radius 1 is 1.53 bits per heavy atom. The Hall–Kier alpha value is -2.10. The minimum absolute atomic E-state index is 0.365. The summed E-state index contributed by atoms with van der Waals surface area (Å²) in [4.78, 5) is 15.0. The summed E-state index contributed by atoms with van der Waals surface area (Å²) in [6.07, 6.45) is 4.42. The molecular weight excluding hydrogens is 192 g/mol. The lowest BCUT2D eigenvalue weighted by Crippen LogP contribution is -2.12. The van der Waals surface area contributed by atoms with Crippen molar-refractivity contribution in [1.29, 1.82) is 0 Å². The van der Waals surface area contributed by atoms with Gasteiger partial charge in [-0.05, 0) is 23.6 Å². The van der Waals surface area contributed by atoms with Gasteiger partial charge in [0.25, 0.3) is 5.91 Å². The van der Waals surface area contributed by atoms with Gasteiger partial charge in [0.15, 0.2) is 0 Å². The van der Waals surface area contributed by atoms with E-state index < -0.39 is 5.91 Å². The number of hydrogen-bond donors (Lipinski definition) is 1. The molecule has 75 valence electrons. The molecule has 0 atom stereocenters. The molecule has 4 heteroatoms. The molecule has 1 amide bonds. The number of nitrogens with two attached hydrogens (primary N) is 1. The maximum Gasteiger partial charge on any atom is 0.252 e. The van der Waals surface area contributed by atoms with Crippen molar-refractivity contribution in [2.75, 3.05) is 7.11 Å². The maximum absolute atomic E-state index is 11.1. The monoisotopic (exact) mass is 201 g/mol. The van der Waals surface area contributed by atoms with Gasteiger partial charge in [0.05, 0.1) is 18.9 Å². The number of amides is 1. The van der Waals surface area contributed by atoms with E-state index in [-0.39, 0.29) is 0 Å². The fourth-order valence-electron chi connectivity index (χ4n) is 1.42. The molecule has 0 saturated heterocycles. The lowest BCUT2D eigenvalue weighted by molar-refractivity contribution is 0.0997. The molecule has 0 aliphatic heterocycles. The summed E-state index contributed by atoms with van der Waals surface area (Å²) in [6.45, 7) is 0. The molecule has 2 rings (SSSR count). The Bertz CT molecular complexity index is 523. The fourth-order valence-corrected chi connectivity index (χ4v) is 1.42. The topological polar surface area (TPSA) is 65.2 Å². The summed E-state index contributed by atoms with van der Waals surface area (Å²) < 4.78 is 5.07. The summed E-state index contributed by atoms with van der Waals surface area (Å²) in [5, 5.41) is 1.65. The average Bonchev–Trinajstić information content (AvgIpc) is 2.27.